The Morgan fingerprint density at radius 3 is 2.43 bits per heavy atom. The van der Waals surface area contributed by atoms with E-state index in [9.17, 15) is 18.5 Å². The molecule has 0 atom stereocenters. The molecule has 0 unspecified atom stereocenters. The highest BCUT2D eigenvalue weighted by Gasteiger charge is 2.13. The van der Waals surface area contributed by atoms with Gasteiger partial charge in [0, 0.05) is 17.7 Å². The fraction of sp³-hybridized carbons (Fsp3) is 0.105. The van der Waals surface area contributed by atoms with Crippen LogP contribution in [-0.2, 0) is 10.0 Å². The van der Waals surface area contributed by atoms with E-state index in [-0.39, 0.29) is 10.6 Å². The summed E-state index contributed by atoms with van der Waals surface area (Å²) < 4.78 is 30.0. The first-order valence-corrected chi connectivity index (χ1v) is 9.71. The maximum absolute atomic E-state index is 12.2. The van der Waals surface area contributed by atoms with Gasteiger partial charge in [0.2, 0.25) is 0 Å². The van der Waals surface area contributed by atoms with Crippen molar-refractivity contribution in [2.75, 3.05) is 0 Å². The summed E-state index contributed by atoms with van der Waals surface area (Å²) in [5, 5.41) is 14.6. The molecule has 3 aromatic rings. The Morgan fingerprint density at radius 1 is 1.07 bits per heavy atom. The zero-order valence-electron chi connectivity index (χ0n) is 15.1. The number of aryl methyl sites for hydroxylation is 2. The molecule has 9 heteroatoms. The van der Waals surface area contributed by atoms with Crippen LogP contribution >= 0.6 is 0 Å². The van der Waals surface area contributed by atoms with Gasteiger partial charge in [-0.2, -0.15) is 18.4 Å². The summed E-state index contributed by atoms with van der Waals surface area (Å²) in [5.41, 5.74) is 2.34. The molecule has 0 saturated heterocycles. The number of nitro groups is 1. The normalized spacial score (nSPS) is 11.6. The average Bonchev–Trinajstić information content (AvgIpc) is 3.10. The van der Waals surface area contributed by atoms with Gasteiger partial charge in [0.05, 0.1) is 16.0 Å². The summed E-state index contributed by atoms with van der Waals surface area (Å²) in [6, 6.07) is 14.2. The van der Waals surface area contributed by atoms with Crippen molar-refractivity contribution in [1.29, 1.82) is 0 Å². The number of hydrogen-bond acceptors (Lipinski definition) is 6. The number of benzene rings is 2. The molecule has 0 radical (unpaired) electrons. The van der Waals surface area contributed by atoms with E-state index in [0.717, 1.165) is 5.56 Å². The van der Waals surface area contributed by atoms with Crippen LogP contribution in [0.25, 0.3) is 11.3 Å². The minimum absolute atomic E-state index is 0.0000967. The van der Waals surface area contributed by atoms with E-state index in [1.165, 1.54) is 30.5 Å². The fourth-order valence-electron chi connectivity index (χ4n) is 2.53. The number of rotatable bonds is 6. The Morgan fingerprint density at radius 2 is 1.79 bits per heavy atom. The second-order valence-electron chi connectivity index (χ2n) is 6.12. The Labute approximate surface area is 161 Å². The first kappa shape index (κ1) is 19.3. The van der Waals surface area contributed by atoms with Crippen molar-refractivity contribution < 1.29 is 17.8 Å². The van der Waals surface area contributed by atoms with Gasteiger partial charge in [-0.3, -0.25) is 10.1 Å². The molecule has 28 heavy (non-hydrogen) atoms. The summed E-state index contributed by atoms with van der Waals surface area (Å²) in [7, 11) is -3.77. The number of hydrogen-bond donors (Lipinski definition) is 1. The number of furan rings is 1. The quantitative estimate of drug-likeness (QED) is 0.385. The van der Waals surface area contributed by atoms with Gasteiger partial charge in [-0.25, -0.2) is 0 Å². The molecule has 0 saturated carbocycles. The van der Waals surface area contributed by atoms with E-state index in [0.29, 0.717) is 22.6 Å². The van der Waals surface area contributed by atoms with Crippen LogP contribution in [0.5, 0.6) is 0 Å². The van der Waals surface area contributed by atoms with Gasteiger partial charge in [0.1, 0.15) is 11.5 Å². The van der Waals surface area contributed by atoms with E-state index in [1.807, 2.05) is 6.92 Å². The maximum Gasteiger partial charge on any atom is 0.276 e. The van der Waals surface area contributed by atoms with Gasteiger partial charge >= 0.3 is 0 Å². The van der Waals surface area contributed by atoms with Crippen molar-refractivity contribution in [3.63, 3.8) is 0 Å². The van der Waals surface area contributed by atoms with Crippen molar-refractivity contribution in [3.8, 4) is 11.3 Å². The molecule has 0 aliphatic carbocycles. The number of nitrogens with zero attached hydrogens (tertiary/aromatic N) is 2. The number of hydrazone groups is 1. The zero-order valence-corrected chi connectivity index (χ0v) is 15.9. The third-order valence-electron chi connectivity index (χ3n) is 4.01. The predicted octanol–water partition coefficient (Wildman–Crippen LogP) is 3.78. The Bertz CT molecular complexity index is 1150. The Hall–Kier alpha value is -3.46. The molecule has 0 amide bonds. The molecule has 0 bridgehead atoms. The van der Waals surface area contributed by atoms with Crippen LogP contribution in [0, 0.1) is 24.0 Å². The molecule has 8 nitrogen and oxygen atoms in total. The van der Waals surface area contributed by atoms with Crippen molar-refractivity contribution in [3.05, 3.63) is 81.6 Å². The molecule has 3 rings (SSSR count). The largest absolute Gasteiger partial charge is 0.455 e. The molecule has 0 spiro atoms. The number of non-ortho nitro benzene ring substituents is 1. The standard InChI is InChI=1S/C19H17N3O5S/c1-13-3-7-17(8-4-13)28(25,26)21-20-12-16-6-10-19(27-16)18-9-5-15(22(23)24)11-14(18)2/h3-12,21H,1-2H3. The molecule has 2 aromatic carbocycles. The first-order valence-electron chi connectivity index (χ1n) is 8.23. The molecule has 144 valence electrons. The van der Waals surface area contributed by atoms with E-state index < -0.39 is 14.9 Å². The molecule has 0 aliphatic heterocycles. The summed E-state index contributed by atoms with van der Waals surface area (Å²) in [4.78, 5) is 12.6. The minimum atomic E-state index is -3.77. The topological polar surface area (TPSA) is 115 Å². The smallest absolute Gasteiger partial charge is 0.276 e. The SMILES string of the molecule is Cc1ccc(S(=O)(=O)NN=Cc2ccc(-c3ccc([N+](=O)[O-])cc3C)o2)cc1. The van der Waals surface area contributed by atoms with Crippen molar-refractivity contribution in [2.24, 2.45) is 5.10 Å². The summed E-state index contributed by atoms with van der Waals surface area (Å²) in [6.07, 6.45) is 1.25. The van der Waals surface area contributed by atoms with Gasteiger partial charge in [-0.1, -0.05) is 17.7 Å². The lowest BCUT2D eigenvalue weighted by atomic mass is 10.1. The molecular formula is C19H17N3O5S. The van der Waals surface area contributed by atoms with Crippen LogP contribution in [0.3, 0.4) is 0 Å². The number of sulfonamides is 1. The van der Waals surface area contributed by atoms with Crippen LogP contribution in [0.15, 0.2) is 69.0 Å². The highest BCUT2D eigenvalue weighted by atomic mass is 32.2. The van der Waals surface area contributed by atoms with Gasteiger partial charge in [-0.05, 0) is 49.7 Å². The van der Waals surface area contributed by atoms with Crippen molar-refractivity contribution in [1.82, 2.24) is 4.83 Å². The van der Waals surface area contributed by atoms with Crippen molar-refractivity contribution >= 4 is 21.9 Å². The number of nitro benzene ring substituents is 1. The van der Waals surface area contributed by atoms with Gasteiger partial charge in [-0.15, -0.1) is 0 Å². The van der Waals surface area contributed by atoms with Crippen LogP contribution in [-0.4, -0.2) is 19.6 Å². The first-order chi connectivity index (χ1) is 13.3. The molecule has 1 heterocycles. The monoisotopic (exact) mass is 399 g/mol. The predicted molar refractivity (Wildman–Crippen MR) is 105 cm³/mol. The Kier molecular flexibility index (Phi) is 5.27. The third kappa shape index (κ3) is 4.26. The minimum Gasteiger partial charge on any atom is -0.455 e. The second kappa shape index (κ2) is 7.65. The third-order valence-corrected chi connectivity index (χ3v) is 5.25. The molecule has 1 N–H and O–H groups in total. The lowest BCUT2D eigenvalue weighted by Crippen LogP contribution is -2.18. The van der Waals surface area contributed by atoms with Crippen LogP contribution in [0.4, 0.5) is 5.69 Å². The highest BCUT2D eigenvalue weighted by molar-refractivity contribution is 7.89. The fourth-order valence-corrected chi connectivity index (χ4v) is 3.33. The van der Waals surface area contributed by atoms with Crippen LogP contribution < -0.4 is 4.83 Å². The summed E-state index contributed by atoms with van der Waals surface area (Å²) in [5.74, 6) is 0.828. The van der Waals surface area contributed by atoms with Crippen LogP contribution in [0.2, 0.25) is 0 Å². The lowest BCUT2D eigenvalue weighted by molar-refractivity contribution is -0.384. The van der Waals surface area contributed by atoms with Gasteiger partial charge < -0.3 is 4.42 Å². The molecular weight excluding hydrogens is 382 g/mol. The van der Waals surface area contributed by atoms with Gasteiger partial charge in [0.15, 0.2) is 0 Å². The molecule has 0 fully saturated rings. The maximum atomic E-state index is 12.2. The lowest BCUT2D eigenvalue weighted by Gasteiger charge is -2.03. The average molecular weight is 399 g/mol. The van der Waals surface area contributed by atoms with E-state index >= 15 is 0 Å². The van der Waals surface area contributed by atoms with Gasteiger partial charge in [0.25, 0.3) is 15.7 Å². The molecule has 0 aliphatic rings. The van der Waals surface area contributed by atoms with Crippen LogP contribution in [0.1, 0.15) is 16.9 Å². The molecule has 1 aromatic heterocycles. The Balaban J connectivity index is 1.74. The van der Waals surface area contributed by atoms with E-state index in [1.54, 1.807) is 37.3 Å². The summed E-state index contributed by atoms with van der Waals surface area (Å²) >= 11 is 0. The van der Waals surface area contributed by atoms with Crippen molar-refractivity contribution in [2.45, 2.75) is 18.7 Å². The zero-order chi connectivity index (χ0) is 20.3. The van der Waals surface area contributed by atoms with E-state index in [2.05, 4.69) is 9.93 Å². The second-order valence-corrected chi connectivity index (χ2v) is 7.79. The summed E-state index contributed by atoms with van der Waals surface area (Å²) in [6.45, 7) is 3.61. The number of nitrogens with one attached hydrogen (secondary N) is 1. The highest BCUT2D eigenvalue weighted by Crippen LogP contribution is 2.28. The van der Waals surface area contributed by atoms with E-state index in [4.69, 9.17) is 4.42 Å².